The van der Waals surface area contributed by atoms with Crippen LogP contribution in [0.3, 0.4) is 0 Å². The minimum absolute atomic E-state index is 0.00662. The Labute approximate surface area is 157 Å². The van der Waals surface area contributed by atoms with Crippen LogP contribution >= 0.6 is 11.8 Å². The molecule has 140 valence electrons. The highest BCUT2D eigenvalue weighted by atomic mass is 32.2. The molecule has 0 radical (unpaired) electrons. The minimum atomic E-state index is -2.90. The Kier molecular flexibility index (Phi) is 5.67. The van der Waals surface area contributed by atoms with E-state index in [0.29, 0.717) is 12.2 Å². The van der Waals surface area contributed by atoms with Gasteiger partial charge < -0.3 is 4.90 Å². The van der Waals surface area contributed by atoms with Gasteiger partial charge in [0.1, 0.15) is 12.7 Å². The Morgan fingerprint density at radius 1 is 1.38 bits per heavy atom. The Morgan fingerprint density at radius 3 is 2.69 bits per heavy atom. The lowest BCUT2D eigenvalue weighted by molar-refractivity contribution is -0.128. The predicted octanol–water partition coefficient (Wildman–Crippen LogP) is 1.71. The molecule has 2 heterocycles. The van der Waals surface area contributed by atoms with Gasteiger partial charge in [0.25, 0.3) is 0 Å². The van der Waals surface area contributed by atoms with Crippen molar-refractivity contribution in [2.24, 2.45) is 0 Å². The maximum Gasteiger partial charge on any atom is 0.232 e. The number of sulfone groups is 1. The molecule has 0 N–H and O–H groups in total. The van der Waals surface area contributed by atoms with Gasteiger partial charge >= 0.3 is 0 Å². The van der Waals surface area contributed by atoms with Gasteiger partial charge in [-0.05, 0) is 31.0 Å². The van der Waals surface area contributed by atoms with Crippen molar-refractivity contribution >= 4 is 27.5 Å². The third-order valence-corrected chi connectivity index (χ3v) is 7.93. The number of carbonyl (C=O) groups excluding carboxylic acids is 1. The van der Waals surface area contributed by atoms with Crippen molar-refractivity contribution in [3.63, 3.8) is 0 Å². The van der Waals surface area contributed by atoms with Crippen molar-refractivity contribution < 1.29 is 13.2 Å². The zero-order chi connectivity index (χ0) is 18.7. The molecule has 2 aromatic rings. The van der Waals surface area contributed by atoms with E-state index in [1.807, 2.05) is 31.2 Å². The Hall–Kier alpha value is -1.87. The van der Waals surface area contributed by atoms with Crippen LogP contribution in [0.5, 0.6) is 0 Å². The lowest BCUT2D eigenvalue weighted by Crippen LogP contribution is -2.31. The molecule has 0 saturated carbocycles. The zero-order valence-electron chi connectivity index (χ0n) is 14.8. The van der Waals surface area contributed by atoms with Crippen molar-refractivity contribution in [1.82, 2.24) is 19.7 Å². The summed E-state index contributed by atoms with van der Waals surface area (Å²) in [6, 6.07) is 7.76. The summed E-state index contributed by atoms with van der Waals surface area (Å²) >= 11 is 1.45. The second-order valence-corrected chi connectivity index (χ2v) is 9.97. The Morgan fingerprint density at radius 2 is 2.12 bits per heavy atom. The molecular weight excluding hydrogens is 372 g/mol. The molecular formula is C17H22N4O3S2. The molecule has 1 aromatic carbocycles. The van der Waals surface area contributed by atoms with E-state index in [2.05, 4.69) is 10.1 Å². The van der Waals surface area contributed by atoms with E-state index in [1.165, 1.54) is 18.1 Å². The summed E-state index contributed by atoms with van der Waals surface area (Å²) < 4.78 is 24.7. The molecule has 7 nitrogen and oxygen atoms in total. The molecule has 26 heavy (non-hydrogen) atoms. The monoisotopic (exact) mass is 394 g/mol. The van der Waals surface area contributed by atoms with Gasteiger partial charge in [-0.15, -0.1) is 11.8 Å². The van der Waals surface area contributed by atoms with Crippen molar-refractivity contribution in [1.29, 1.82) is 0 Å². The summed E-state index contributed by atoms with van der Waals surface area (Å²) in [7, 11) is -1.12. The molecule has 1 aliphatic heterocycles. The van der Waals surface area contributed by atoms with Crippen LogP contribution in [-0.2, 0) is 14.6 Å². The normalized spacial score (nSPS) is 20.0. The Bertz CT molecular complexity index is 851. The number of benzene rings is 1. The summed E-state index contributed by atoms with van der Waals surface area (Å²) in [6.45, 7) is 1.98. The highest BCUT2D eigenvalue weighted by Crippen LogP contribution is 2.26. The van der Waals surface area contributed by atoms with Crippen LogP contribution in [0, 0.1) is 0 Å². The molecule has 3 rings (SSSR count). The van der Waals surface area contributed by atoms with E-state index in [-0.39, 0.29) is 28.7 Å². The van der Waals surface area contributed by atoms with Crippen molar-refractivity contribution in [3.05, 3.63) is 42.5 Å². The summed E-state index contributed by atoms with van der Waals surface area (Å²) in [5, 5.41) is 4.13. The fourth-order valence-corrected chi connectivity index (χ4v) is 6.44. The van der Waals surface area contributed by atoms with E-state index in [0.717, 1.165) is 11.3 Å². The van der Waals surface area contributed by atoms with Gasteiger partial charge in [0.2, 0.25) is 5.91 Å². The fourth-order valence-electron chi connectivity index (χ4n) is 2.87. The first kappa shape index (κ1) is 18.9. The molecule has 1 fully saturated rings. The molecule has 1 amide bonds. The van der Waals surface area contributed by atoms with Gasteiger partial charge in [-0.25, -0.2) is 18.1 Å². The number of rotatable bonds is 6. The molecule has 0 bridgehead atoms. The number of nitrogens with zero attached hydrogens (tertiary/aromatic N) is 4. The van der Waals surface area contributed by atoms with Crippen LogP contribution in [0.2, 0.25) is 0 Å². The zero-order valence-corrected chi connectivity index (χ0v) is 16.4. The third-order valence-electron chi connectivity index (χ3n) is 4.67. The first-order valence-corrected chi connectivity index (χ1v) is 11.3. The third kappa shape index (κ3) is 4.45. The van der Waals surface area contributed by atoms with E-state index < -0.39 is 9.84 Å². The maximum absolute atomic E-state index is 12.5. The number of hydrogen-bond donors (Lipinski definition) is 0. The summed E-state index contributed by atoms with van der Waals surface area (Å²) in [5.74, 6) is 0.738. The predicted molar refractivity (Wildman–Crippen MR) is 102 cm³/mol. The largest absolute Gasteiger partial charge is 0.338 e. The van der Waals surface area contributed by atoms with E-state index in [1.54, 1.807) is 23.0 Å². The smallest absolute Gasteiger partial charge is 0.232 e. The van der Waals surface area contributed by atoms with Crippen LogP contribution in [0.1, 0.15) is 24.9 Å². The van der Waals surface area contributed by atoms with Crippen LogP contribution in [0.25, 0.3) is 5.69 Å². The van der Waals surface area contributed by atoms with Crippen LogP contribution in [-0.4, -0.2) is 63.5 Å². The average Bonchev–Trinajstić information content (AvgIpc) is 3.28. The number of amides is 1. The molecule has 1 aliphatic rings. The number of hydrogen-bond acceptors (Lipinski definition) is 6. The minimum Gasteiger partial charge on any atom is -0.338 e. The molecule has 0 spiro atoms. The maximum atomic E-state index is 12.5. The fraction of sp³-hybridized carbons (Fsp3) is 0.471. The van der Waals surface area contributed by atoms with Gasteiger partial charge in [-0.3, -0.25) is 4.79 Å². The van der Waals surface area contributed by atoms with Gasteiger partial charge in [0.05, 0.1) is 29.0 Å². The van der Waals surface area contributed by atoms with Crippen LogP contribution < -0.4 is 0 Å². The number of carbonyl (C=O) groups is 1. The second kappa shape index (κ2) is 7.79. The summed E-state index contributed by atoms with van der Waals surface area (Å²) in [6.07, 6.45) is 3.76. The molecule has 0 aliphatic carbocycles. The highest BCUT2D eigenvalue weighted by Gasteiger charge is 2.29. The molecule has 1 aromatic heterocycles. The number of thioether (sulfide) groups is 1. The SMILES string of the molecule is C[C@@H](c1ccc(-n2cncn2)cc1)N(C)C(=O)CS[C@H]1CCS(=O)(=O)C1. The van der Waals surface area contributed by atoms with Crippen molar-refractivity contribution in [2.45, 2.75) is 24.6 Å². The van der Waals surface area contributed by atoms with Gasteiger partial charge in [0, 0.05) is 12.3 Å². The van der Waals surface area contributed by atoms with Gasteiger partial charge in [-0.1, -0.05) is 12.1 Å². The lowest BCUT2D eigenvalue weighted by atomic mass is 10.1. The van der Waals surface area contributed by atoms with Crippen molar-refractivity contribution in [2.75, 3.05) is 24.3 Å². The second-order valence-electron chi connectivity index (χ2n) is 6.45. The Balaban J connectivity index is 1.56. The van der Waals surface area contributed by atoms with E-state index in [9.17, 15) is 13.2 Å². The molecule has 1 saturated heterocycles. The van der Waals surface area contributed by atoms with Crippen molar-refractivity contribution in [3.8, 4) is 5.69 Å². The van der Waals surface area contributed by atoms with Crippen LogP contribution in [0.15, 0.2) is 36.9 Å². The van der Waals surface area contributed by atoms with E-state index >= 15 is 0 Å². The quantitative estimate of drug-likeness (QED) is 0.741. The van der Waals surface area contributed by atoms with Crippen LogP contribution in [0.4, 0.5) is 0 Å². The van der Waals surface area contributed by atoms with E-state index in [4.69, 9.17) is 0 Å². The standard InChI is InChI=1S/C17H22N4O3S2/c1-13(14-3-5-15(6-4-14)21-12-18-11-19-21)20(2)17(22)9-25-16-7-8-26(23,24)10-16/h3-6,11-13,16H,7-10H2,1-2H3/t13-,16-/m0/s1. The number of aromatic nitrogens is 3. The average molecular weight is 395 g/mol. The lowest BCUT2D eigenvalue weighted by Gasteiger charge is -2.26. The first-order valence-electron chi connectivity index (χ1n) is 8.38. The van der Waals surface area contributed by atoms with Gasteiger partial charge in [0.15, 0.2) is 9.84 Å². The van der Waals surface area contributed by atoms with Gasteiger partial charge in [-0.2, -0.15) is 5.10 Å². The summed E-state index contributed by atoms with van der Waals surface area (Å²) in [4.78, 5) is 18.1. The first-order chi connectivity index (χ1) is 12.4. The highest BCUT2D eigenvalue weighted by molar-refractivity contribution is 8.02. The molecule has 9 heteroatoms. The summed E-state index contributed by atoms with van der Waals surface area (Å²) in [5.41, 5.74) is 1.93. The molecule has 2 atom stereocenters. The topological polar surface area (TPSA) is 85.2 Å². The molecule has 0 unspecified atom stereocenters.